The minimum Gasteiger partial charge on any atom is -0.550 e. The number of carboxylic acids is 1. The predicted molar refractivity (Wildman–Crippen MR) is 70.6 cm³/mol. The molecule has 1 aliphatic rings. The number of thioether (sulfide) groups is 1. The second-order valence-electron chi connectivity index (χ2n) is 3.84. The Labute approximate surface area is 117 Å². The lowest BCUT2D eigenvalue weighted by molar-refractivity contribution is -0.305. The van der Waals surface area contributed by atoms with Gasteiger partial charge in [0.2, 0.25) is 5.91 Å². The first-order valence-corrected chi connectivity index (χ1v) is 6.47. The second-order valence-corrected chi connectivity index (χ2v) is 5.03. The van der Waals surface area contributed by atoms with E-state index in [0.29, 0.717) is 0 Å². The molecule has 0 aromatic heterocycles. The van der Waals surface area contributed by atoms with Crippen molar-refractivity contribution in [1.82, 2.24) is 5.32 Å². The molecule has 8 heteroatoms. The Morgan fingerprint density at radius 2 is 2.25 bits per heavy atom. The maximum absolute atomic E-state index is 13.3. The second kappa shape index (κ2) is 6.29. The lowest BCUT2D eigenvalue weighted by Crippen LogP contribution is -2.31. The lowest BCUT2D eigenvalue weighted by Gasteiger charge is -2.04. The average molecular weight is 294 g/mol. The predicted octanol–water partition coefficient (Wildman–Crippen LogP) is -0.113. The van der Waals surface area contributed by atoms with E-state index in [4.69, 9.17) is 0 Å². The Morgan fingerprint density at radius 3 is 2.95 bits per heavy atom. The first-order valence-electron chi connectivity index (χ1n) is 5.59. The molecular formula is C12H9FN3O3S-. The zero-order valence-corrected chi connectivity index (χ0v) is 10.9. The number of amidine groups is 1. The zero-order chi connectivity index (χ0) is 14.5. The van der Waals surface area contributed by atoms with Crippen molar-refractivity contribution in [2.24, 2.45) is 10.2 Å². The van der Waals surface area contributed by atoms with Crippen molar-refractivity contribution < 1.29 is 19.1 Å². The molecule has 0 bridgehead atoms. The minimum atomic E-state index is -1.31. The van der Waals surface area contributed by atoms with E-state index >= 15 is 0 Å². The highest BCUT2D eigenvalue weighted by Crippen LogP contribution is 2.21. The van der Waals surface area contributed by atoms with Gasteiger partial charge >= 0.3 is 0 Å². The summed E-state index contributed by atoms with van der Waals surface area (Å²) in [7, 11) is 0. The molecule has 1 fully saturated rings. The van der Waals surface area contributed by atoms with Gasteiger partial charge in [-0.3, -0.25) is 4.79 Å². The van der Waals surface area contributed by atoms with E-state index < -0.39 is 29.4 Å². The summed E-state index contributed by atoms with van der Waals surface area (Å²) in [6, 6.07) is 6.02. The molecule has 2 rings (SSSR count). The van der Waals surface area contributed by atoms with E-state index in [-0.39, 0.29) is 10.7 Å². The van der Waals surface area contributed by atoms with Gasteiger partial charge in [0, 0.05) is 18.0 Å². The fourth-order valence-corrected chi connectivity index (χ4v) is 2.37. The molecule has 1 aliphatic heterocycles. The van der Waals surface area contributed by atoms with Crippen LogP contribution in [0.3, 0.4) is 0 Å². The van der Waals surface area contributed by atoms with Crippen molar-refractivity contribution in [1.29, 1.82) is 0 Å². The SMILES string of the molecule is O=C([O-])CC1SC(=NN=Cc2ccccc2F)NC1=O. The lowest BCUT2D eigenvalue weighted by atomic mass is 10.2. The molecule has 20 heavy (non-hydrogen) atoms. The fraction of sp³-hybridized carbons (Fsp3) is 0.167. The van der Waals surface area contributed by atoms with Gasteiger partial charge in [0.05, 0.1) is 11.5 Å². The molecule has 1 atom stereocenters. The number of aliphatic carboxylic acids is 1. The molecule has 1 saturated heterocycles. The standard InChI is InChI=1S/C12H10FN3O3S/c13-8-4-2-1-3-7(8)6-14-16-12-15-11(19)9(20-12)5-10(17)18/h1-4,6,9H,5H2,(H,17,18)(H,15,16,19)/p-1. The van der Waals surface area contributed by atoms with Gasteiger partial charge in [0.1, 0.15) is 5.82 Å². The summed E-state index contributed by atoms with van der Waals surface area (Å²) < 4.78 is 13.3. The molecule has 0 spiro atoms. The summed E-state index contributed by atoms with van der Waals surface area (Å²) in [6.07, 6.45) is 0.813. The Hall–Kier alpha value is -2.22. The molecular weight excluding hydrogens is 285 g/mol. The molecule has 1 aromatic rings. The number of amides is 1. The molecule has 0 radical (unpaired) electrons. The van der Waals surface area contributed by atoms with Crippen LogP contribution in [0.2, 0.25) is 0 Å². The van der Waals surface area contributed by atoms with Crippen LogP contribution in [-0.2, 0) is 9.59 Å². The van der Waals surface area contributed by atoms with Gasteiger partial charge in [-0.15, -0.1) is 5.10 Å². The number of benzene rings is 1. The van der Waals surface area contributed by atoms with Crippen LogP contribution in [0.15, 0.2) is 34.5 Å². The first kappa shape index (κ1) is 14.2. The largest absolute Gasteiger partial charge is 0.550 e. The molecule has 0 aliphatic carbocycles. The van der Waals surface area contributed by atoms with Gasteiger partial charge in [-0.2, -0.15) is 5.10 Å². The summed E-state index contributed by atoms with van der Waals surface area (Å²) in [4.78, 5) is 21.8. The summed E-state index contributed by atoms with van der Waals surface area (Å²) >= 11 is 0.947. The van der Waals surface area contributed by atoms with Crippen LogP contribution in [-0.4, -0.2) is 28.5 Å². The molecule has 0 saturated carbocycles. The maximum atomic E-state index is 13.3. The molecule has 1 N–H and O–H groups in total. The van der Waals surface area contributed by atoms with Crippen LogP contribution in [0.4, 0.5) is 4.39 Å². The Morgan fingerprint density at radius 1 is 1.50 bits per heavy atom. The third-order valence-corrected chi connectivity index (χ3v) is 3.45. The maximum Gasteiger partial charge on any atom is 0.239 e. The number of carbonyl (C=O) groups excluding carboxylic acids is 2. The number of hydrogen-bond acceptors (Lipinski definition) is 6. The van der Waals surface area contributed by atoms with Crippen molar-refractivity contribution in [3.8, 4) is 0 Å². The van der Waals surface area contributed by atoms with Crippen molar-refractivity contribution in [3.05, 3.63) is 35.6 Å². The highest BCUT2D eigenvalue weighted by molar-refractivity contribution is 8.15. The van der Waals surface area contributed by atoms with Crippen molar-refractivity contribution >= 4 is 35.0 Å². The van der Waals surface area contributed by atoms with E-state index in [1.807, 2.05) is 0 Å². The average Bonchev–Trinajstić information content (AvgIpc) is 2.72. The molecule has 1 amide bonds. The Kier molecular flexibility index (Phi) is 4.46. The van der Waals surface area contributed by atoms with E-state index in [1.165, 1.54) is 18.3 Å². The molecule has 1 unspecified atom stereocenters. The fourth-order valence-electron chi connectivity index (χ4n) is 1.46. The number of halogens is 1. The van der Waals surface area contributed by atoms with Gasteiger partial charge in [-0.1, -0.05) is 30.0 Å². The van der Waals surface area contributed by atoms with E-state index in [1.54, 1.807) is 12.1 Å². The van der Waals surface area contributed by atoms with Crippen LogP contribution in [0.5, 0.6) is 0 Å². The molecule has 1 aromatic carbocycles. The number of carboxylic acid groups (broad SMARTS) is 1. The third kappa shape index (κ3) is 3.64. The number of carbonyl (C=O) groups is 2. The zero-order valence-electron chi connectivity index (χ0n) is 10.1. The topological polar surface area (TPSA) is 93.9 Å². The Balaban J connectivity index is 2.01. The van der Waals surface area contributed by atoms with Crippen LogP contribution in [0, 0.1) is 5.82 Å². The summed E-state index contributed by atoms with van der Waals surface area (Å²) in [6.45, 7) is 0. The van der Waals surface area contributed by atoms with Crippen molar-refractivity contribution in [2.75, 3.05) is 0 Å². The van der Waals surface area contributed by atoms with Crippen LogP contribution in [0.1, 0.15) is 12.0 Å². The van der Waals surface area contributed by atoms with Crippen molar-refractivity contribution in [3.63, 3.8) is 0 Å². The summed E-state index contributed by atoms with van der Waals surface area (Å²) in [5, 5.41) is 19.6. The first-order chi connectivity index (χ1) is 9.56. The monoisotopic (exact) mass is 294 g/mol. The molecule has 6 nitrogen and oxygen atoms in total. The number of nitrogens with zero attached hydrogens (tertiary/aromatic N) is 2. The van der Waals surface area contributed by atoms with Gasteiger partial charge < -0.3 is 15.2 Å². The molecule has 104 valence electrons. The highest BCUT2D eigenvalue weighted by Gasteiger charge is 2.30. The molecule has 1 heterocycles. The summed E-state index contributed by atoms with van der Waals surface area (Å²) in [5.74, 6) is -2.21. The van der Waals surface area contributed by atoms with E-state index in [2.05, 4.69) is 15.5 Å². The Bertz CT molecular complexity index is 603. The third-order valence-electron chi connectivity index (χ3n) is 2.38. The van der Waals surface area contributed by atoms with Crippen LogP contribution in [0.25, 0.3) is 0 Å². The number of rotatable bonds is 4. The van der Waals surface area contributed by atoms with Crippen molar-refractivity contribution in [2.45, 2.75) is 11.7 Å². The van der Waals surface area contributed by atoms with Gasteiger partial charge in [0.15, 0.2) is 5.17 Å². The normalized spacial score (nSPS) is 20.6. The number of hydrogen-bond donors (Lipinski definition) is 1. The smallest absolute Gasteiger partial charge is 0.239 e. The van der Waals surface area contributed by atoms with E-state index in [0.717, 1.165) is 11.8 Å². The summed E-state index contributed by atoms with van der Waals surface area (Å²) in [5.41, 5.74) is 0.262. The van der Waals surface area contributed by atoms with Gasteiger partial charge in [-0.25, -0.2) is 4.39 Å². The van der Waals surface area contributed by atoms with Gasteiger partial charge in [0.25, 0.3) is 0 Å². The van der Waals surface area contributed by atoms with Crippen LogP contribution < -0.4 is 10.4 Å². The quantitative estimate of drug-likeness (QED) is 0.619. The number of nitrogens with one attached hydrogen (secondary N) is 1. The van der Waals surface area contributed by atoms with Crippen LogP contribution >= 0.6 is 11.8 Å². The van der Waals surface area contributed by atoms with E-state index in [9.17, 15) is 19.1 Å². The minimum absolute atomic E-state index is 0.175. The highest BCUT2D eigenvalue weighted by atomic mass is 32.2. The van der Waals surface area contributed by atoms with Gasteiger partial charge in [-0.05, 0) is 6.07 Å².